The van der Waals surface area contributed by atoms with Crippen molar-refractivity contribution in [3.63, 3.8) is 0 Å². The number of aryl methyl sites for hydroxylation is 2. The summed E-state index contributed by atoms with van der Waals surface area (Å²) in [6, 6.07) is 36.8. The van der Waals surface area contributed by atoms with E-state index in [4.69, 9.17) is 10.8 Å². The Hall–Kier alpha value is -5.69. The van der Waals surface area contributed by atoms with E-state index in [1.54, 1.807) is 19.1 Å². The van der Waals surface area contributed by atoms with Gasteiger partial charge in [0, 0.05) is 20.1 Å². The topological polar surface area (TPSA) is 95.8 Å². The van der Waals surface area contributed by atoms with Gasteiger partial charge in [0.15, 0.2) is 0 Å². The molecule has 52 heavy (non-hydrogen) atoms. The summed E-state index contributed by atoms with van der Waals surface area (Å²) in [5, 5.41) is 17.1. The first-order chi connectivity index (χ1) is 25.1. The van der Waals surface area contributed by atoms with Gasteiger partial charge in [-0.2, -0.15) is 5.26 Å². The number of halogens is 4. The van der Waals surface area contributed by atoms with E-state index in [0.717, 1.165) is 35.6 Å². The molecule has 0 radical (unpaired) electrons. The Kier molecular flexibility index (Phi) is 13.5. The minimum Gasteiger partial charge on any atom is -0.400 e. The first kappa shape index (κ1) is 39.1. The number of benzene rings is 4. The van der Waals surface area contributed by atoms with Crippen molar-refractivity contribution in [2.75, 3.05) is 13.7 Å². The van der Waals surface area contributed by atoms with Crippen LogP contribution in [-0.2, 0) is 23.7 Å². The lowest BCUT2D eigenvalue weighted by Crippen LogP contribution is -2.39. The molecule has 2 heterocycles. The molecular weight excluding hydrogens is 664 g/mol. The van der Waals surface area contributed by atoms with Gasteiger partial charge in [-0.15, -0.1) is 0 Å². The second-order valence-electron chi connectivity index (χ2n) is 12.4. The lowest BCUT2D eigenvalue weighted by molar-refractivity contribution is 0.399. The van der Waals surface area contributed by atoms with Crippen LogP contribution in [0.15, 0.2) is 134 Å². The average molecular weight is 705 g/mol. The van der Waals surface area contributed by atoms with E-state index in [9.17, 15) is 22.8 Å². The van der Waals surface area contributed by atoms with Crippen LogP contribution in [0.4, 0.5) is 17.6 Å². The van der Waals surface area contributed by atoms with Gasteiger partial charge < -0.3 is 10.8 Å². The second kappa shape index (κ2) is 18.0. The van der Waals surface area contributed by atoms with Gasteiger partial charge in [-0.1, -0.05) is 72.8 Å². The zero-order chi connectivity index (χ0) is 37.7. The fourth-order valence-corrected chi connectivity index (χ4v) is 6.27. The van der Waals surface area contributed by atoms with Crippen molar-refractivity contribution in [1.29, 1.82) is 5.26 Å². The van der Waals surface area contributed by atoms with E-state index in [1.807, 2.05) is 73.7 Å². The molecular formula is C43H40F4N4O. The highest BCUT2D eigenvalue weighted by Gasteiger charge is 2.37. The van der Waals surface area contributed by atoms with Crippen molar-refractivity contribution in [2.45, 2.75) is 37.5 Å². The Labute approximate surface area is 302 Å². The molecule has 0 aliphatic carbocycles. The van der Waals surface area contributed by atoms with Gasteiger partial charge in [0.05, 0.1) is 35.3 Å². The number of pyridine rings is 2. The highest BCUT2D eigenvalue weighted by atomic mass is 19.1. The van der Waals surface area contributed by atoms with Crippen molar-refractivity contribution in [3.8, 4) is 6.07 Å². The van der Waals surface area contributed by atoms with Crippen molar-refractivity contribution in [1.82, 2.24) is 9.97 Å². The van der Waals surface area contributed by atoms with Gasteiger partial charge in [0.1, 0.15) is 28.7 Å². The standard InChI is InChI=1S/C21H20F2N2.C21H16F2N2.CH4O/c2*1-15-9-17(11-19(23)10-15)21(14-24,12-16-5-3-2-4-6-16)20-8-7-18(22)13-25-20;1-2/h2-11,13H,12,14,24H2,1H3;2-11,13H,12H2,1H3;2H,1H3. The maximum absolute atomic E-state index is 14.1. The van der Waals surface area contributed by atoms with Gasteiger partial charge >= 0.3 is 0 Å². The van der Waals surface area contributed by atoms with Gasteiger partial charge in [-0.25, -0.2) is 17.6 Å². The summed E-state index contributed by atoms with van der Waals surface area (Å²) in [5.41, 5.74) is 10.0. The SMILES string of the molecule is CO.Cc1cc(F)cc(C(C#N)(Cc2ccccc2)c2ccc(F)cn2)c1.Cc1cc(F)cc(C(CN)(Cc2ccccc2)c2ccc(F)cn2)c1. The number of nitriles is 1. The molecule has 9 heteroatoms. The number of nitrogens with two attached hydrogens (primary N) is 1. The molecule has 6 aromatic rings. The molecule has 5 nitrogen and oxygen atoms in total. The number of aromatic nitrogens is 2. The summed E-state index contributed by atoms with van der Waals surface area (Å²) in [4.78, 5) is 8.41. The molecule has 0 saturated carbocycles. The minimum absolute atomic E-state index is 0.226. The highest BCUT2D eigenvalue weighted by molar-refractivity contribution is 5.47. The van der Waals surface area contributed by atoms with Gasteiger partial charge in [0.25, 0.3) is 0 Å². The van der Waals surface area contributed by atoms with E-state index < -0.39 is 28.3 Å². The lowest BCUT2D eigenvalue weighted by Gasteiger charge is -2.33. The van der Waals surface area contributed by atoms with E-state index in [-0.39, 0.29) is 12.4 Å². The number of rotatable bonds is 9. The van der Waals surface area contributed by atoms with Crippen molar-refractivity contribution >= 4 is 0 Å². The maximum Gasteiger partial charge on any atom is 0.141 e. The fourth-order valence-electron chi connectivity index (χ4n) is 6.27. The molecule has 0 aliphatic rings. The van der Waals surface area contributed by atoms with Crippen molar-refractivity contribution in [2.24, 2.45) is 5.73 Å². The van der Waals surface area contributed by atoms with Crippen LogP contribution in [0.1, 0.15) is 44.8 Å². The van der Waals surface area contributed by atoms with Crippen molar-refractivity contribution < 1.29 is 22.7 Å². The number of aliphatic hydroxyl groups excluding tert-OH is 1. The van der Waals surface area contributed by atoms with Crippen LogP contribution in [0, 0.1) is 48.4 Å². The van der Waals surface area contributed by atoms with E-state index in [2.05, 4.69) is 16.0 Å². The number of aliphatic hydroxyl groups is 1. The zero-order valence-corrected chi connectivity index (χ0v) is 29.2. The minimum atomic E-state index is -1.21. The molecule has 0 bridgehead atoms. The van der Waals surface area contributed by atoms with Crippen LogP contribution in [-0.4, -0.2) is 28.7 Å². The second-order valence-corrected chi connectivity index (χ2v) is 12.4. The molecule has 0 aliphatic heterocycles. The molecule has 3 N–H and O–H groups in total. The molecule has 0 amide bonds. The molecule has 4 aromatic carbocycles. The summed E-state index contributed by atoms with van der Waals surface area (Å²) in [5.74, 6) is -1.62. The first-order valence-electron chi connectivity index (χ1n) is 16.5. The Morgan fingerprint density at radius 1 is 0.596 bits per heavy atom. The highest BCUT2D eigenvalue weighted by Crippen LogP contribution is 2.37. The molecule has 6 rings (SSSR count). The van der Waals surface area contributed by atoms with Crippen LogP contribution in [0.25, 0.3) is 0 Å². The Bertz CT molecular complexity index is 2030. The Balaban J connectivity index is 0.000000222. The van der Waals surface area contributed by atoms with Crippen LogP contribution in [0.5, 0.6) is 0 Å². The smallest absolute Gasteiger partial charge is 0.141 e. The molecule has 0 saturated heterocycles. The quantitative estimate of drug-likeness (QED) is 0.147. The average Bonchev–Trinajstić information content (AvgIpc) is 3.15. The van der Waals surface area contributed by atoms with Crippen LogP contribution in [0.3, 0.4) is 0 Å². The first-order valence-corrected chi connectivity index (χ1v) is 16.5. The third-order valence-corrected chi connectivity index (χ3v) is 8.71. The van der Waals surface area contributed by atoms with E-state index >= 15 is 0 Å². The molecule has 0 spiro atoms. The maximum atomic E-state index is 14.1. The fraction of sp³-hybridized carbons (Fsp3) is 0.186. The largest absolute Gasteiger partial charge is 0.400 e. The van der Waals surface area contributed by atoms with Crippen LogP contribution < -0.4 is 5.73 Å². The van der Waals surface area contributed by atoms with E-state index in [0.29, 0.717) is 35.4 Å². The molecule has 2 aromatic heterocycles. The zero-order valence-electron chi connectivity index (χ0n) is 29.2. The van der Waals surface area contributed by atoms with Crippen LogP contribution in [0.2, 0.25) is 0 Å². The molecule has 2 atom stereocenters. The molecule has 266 valence electrons. The van der Waals surface area contributed by atoms with Gasteiger partial charge in [-0.3, -0.25) is 9.97 Å². The lowest BCUT2D eigenvalue weighted by atomic mass is 9.72. The predicted octanol–water partition coefficient (Wildman–Crippen LogP) is 8.48. The van der Waals surface area contributed by atoms with E-state index in [1.165, 1.54) is 48.7 Å². The Morgan fingerprint density at radius 3 is 1.50 bits per heavy atom. The monoisotopic (exact) mass is 704 g/mol. The van der Waals surface area contributed by atoms with Crippen molar-refractivity contribution in [3.05, 3.63) is 202 Å². The summed E-state index contributed by atoms with van der Waals surface area (Å²) < 4.78 is 54.8. The molecule has 0 fully saturated rings. The summed E-state index contributed by atoms with van der Waals surface area (Å²) in [6.45, 7) is 3.84. The molecule has 2 unspecified atom stereocenters. The normalized spacial score (nSPS) is 12.8. The van der Waals surface area contributed by atoms with Gasteiger partial charge in [0.2, 0.25) is 0 Å². The number of nitrogens with zero attached hydrogens (tertiary/aromatic N) is 3. The van der Waals surface area contributed by atoms with Gasteiger partial charge in [-0.05, 0) is 102 Å². The third kappa shape index (κ3) is 9.34. The number of hydrogen-bond donors (Lipinski definition) is 2. The number of hydrogen-bond acceptors (Lipinski definition) is 5. The summed E-state index contributed by atoms with van der Waals surface area (Å²) >= 11 is 0. The summed E-state index contributed by atoms with van der Waals surface area (Å²) in [7, 11) is 1.00. The Morgan fingerprint density at radius 2 is 1.06 bits per heavy atom. The predicted molar refractivity (Wildman–Crippen MR) is 195 cm³/mol. The summed E-state index contributed by atoms with van der Waals surface area (Å²) in [6.07, 6.45) is 3.12. The van der Waals surface area contributed by atoms with Crippen LogP contribution >= 0.6 is 0 Å². The third-order valence-electron chi connectivity index (χ3n) is 8.71.